The molecule has 158 valence electrons. The molecular formula is C20H34IN5O2. The molecule has 0 aromatic heterocycles. The third-order valence-electron chi connectivity index (χ3n) is 4.55. The van der Waals surface area contributed by atoms with Crippen LogP contribution in [0.25, 0.3) is 0 Å². The standard InChI is InChI=1S/C20H33N5O2.HI/c1-24(2)19(26)15-23-20(21-10-13-27-3)22-14-17-6-8-18(9-7-17)16-25-11-4-5-12-25;/h6-9H,4-5,10-16H2,1-3H3,(H2,21,22,23);1H. The van der Waals surface area contributed by atoms with E-state index in [1.54, 1.807) is 26.1 Å². The van der Waals surface area contributed by atoms with Gasteiger partial charge in [-0.15, -0.1) is 24.0 Å². The van der Waals surface area contributed by atoms with Gasteiger partial charge in [0.15, 0.2) is 5.96 Å². The van der Waals surface area contributed by atoms with Crippen molar-refractivity contribution in [1.29, 1.82) is 0 Å². The first-order valence-corrected chi connectivity index (χ1v) is 9.60. The van der Waals surface area contributed by atoms with Gasteiger partial charge in [0.25, 0.3) is 0 Å². The number of hydrogen-bond acceptors (Lipinski definition) is 4. The summed E-state index contributed by atoms with van der Waals surface area (Å²) in [5, 5.41) is 6.26. The van der Waals surface area contributed by atoms with Crippen LogP contribution in [-0.2, 0) is 22.6 Å². The second-order valence-corrected chi connectivity index (χ2v) is 7.03. The molecule has 1 saturated heterocycles. The lowest BCUT2D eigenvalue weighted by molar-refractivity contribution is -0.127. The van der Waals surface area contributed by atoms with E-state index in [4.69, 9.17) is 4.74 Å². The highest BCUT2D eigenvalue weighted by Gasteiger charge is 2.11. The van der Waals surface area contributed by atoms with E-state index in [0.717, 1.165) is 12.1 Å². The highest BCUT2D eigenvalue weighted by molar-refractivity contribution is 14.0. The van der Waals surface area contributed by atoms with Gasteiger partial charge in [0.1, 0.15) is 0 Å². The Morgan fingerprint density at radius 2 is 1.79 bits per heavy atom. The minimum atomic E-state index is 0. The van der Waals surface area contributed by atoms with Crippen molar-refractivity contribution in [2.45, 2.75) is 25.9 Å². The Morgan fingerprint density at radius 1 is 1.14 bits per heavy atom. The van der Waals surface area contributed by atoms with Crippen molar-refractivity contribution >= 4 is 35.8 Å². The van der Waals surface area contributed by atoms with Crippen LogP contribution in [0.1, 0.15) is 24.0 Å². The summed E-state index contributed by atoms with van der Waals surface area (Å²) < 4.78 is 5.06. The normalized spacial score (nSPS) is 14.5. The van der Waals surface area contributed by atoms with Gasteiger partial charge in [0, 0.05) is 34.3 Å². The lowest BCUT2D eigenvalue weighted by Crippen LogP contribution is -2.43. The second kappa shape index (κ2) is 13.7. The number of hydrogen-bond donors (Lipinski definition) is 2. The molecule has 1 amide bonds. The molecule has 1 aliphatic heterocycles. The van der Waals surface area contributed by atoms with E-state index < -0.39 is 0 Å². The summed E-state index contributed by atoms with van der Waals surface area (Å²) in [7, 11) is 5.14. The van der Waals surface area contributed by atoms with Crippen molar-refractivity contribution in [1.82, 2.24) is 20.4 Å². The first-order valence-electron chi connectivity index (χ1n) is 9.60. The number of methoxy groups -OCH3 is 1. The zero-order valence-corrected chi connectivity index (χ0v) is 19.6. The number of benzene rings is 1. The van der Waals surface area contributed by atoms with Crippen LogP contribution in [0.4, 0.5) is 0 Å². The SMILES string of the molecule is COCCNC(=NCc1ccc(CN2CCCC2)cc1)NCC(=O)N(C)C.I. The van der Waals surface area contributed by atoms with Gasteiger partial charge in [0.05, 0.1) is 19.7 Å². The zero-order chi connectivity index (χ0) is 19.5. The average Bonchev–Trinajstić information content (AvgIpc) is 3.17. The minimum Gasteiger partial charge on any atom is -0.383 e. The molecule has 1 aliphatic rings. The number of likely N-dealkylation sites (N-methyl/N-ethyl adjacent to an activating group) is 1. The van der Waals surface area contributed by atoms with E-state index in [1.807, 2.05) is 0 Å². The molecule has 28 heavy (non-hydrogen) atoms. The maximum Gasteiger partial charge on any atom is 0.241 e. The monoisotopic (exact) mass is 503 g/mol. The highest BCUT2D eigenvalue weighted by Crippen LogP contribution is 2.13. The number of carbonyl (C=O) groups is 1. The molecule has 0 radical (unpaired) electrons. The summed E-state index contributed by atoms with van der Waals surface area (Å²) in [6, 6.07) is 8.63. The number of amides is 1. The Kier molecular flexibility index (Phi) is 12.1. The third-order valence-corrected chi connectivity index (χ3v) is 4.55. The maximum absolute atomic E-state index is 11.8. The van der Waals surface area contributed by atoms with E-state index in [9.17, 15) is 4.79 Å². The summed E-state index contributed by atoms with van der Waals surface area (Å²) >= 11 is 0. The average molecular weight is 503 g/mol. The summed E-state index contributed by atoms with van der Waals surface area (Å²) in [6.45, 7) is 5.42. The Morgan fingerprint density at radius 3 is 2.39 bits per heavy atom. The number of likely N-dealkylation sites (tertiary alicyclic amines) is 1. The Labute approximate surface area is 185 Å². The van der Waals surface area contributed by atoms with E-state index in [1.165, 1.54) is 31.5 Å². The molecule has 8 heteroatoms. The van der Waals surface area contributed by atoms with Gasteiger partial charge in [-0.3, -0.25) is 9.69 Å². The van der Waals surface area contributed by atoms with Crippen molar-refractivity contribution in [2.75, 3.05) is 54.0 Å². The zero-order valence-electron chi connectivity index (χ0n) is 17.2. The molecule has 0 saturated carbocycles. The first-order chi connectivity index (χ1) is 13.1. The number of rotatable bonds is 9. The maximum atomic E-state index is 11.8. The van der Waals surface area contributed by atoms with E-state index in [0.29, 0.717) is 25.7 Å². The number of nitrogens with one attached hydrogen (secondary N) is 2. The van der Waals surface area contributed by atoms with Crippen LogP contribution in [0.5, 0.6) is 0 Å². The molecule has 1 aromatic rings. The fraction of sp³-hybridized carbons (Fsp3) is 0.600. The molecule has 1 fully saturated rings. The van der Waals surface area contributed by atoms with Gasteiger partial charge in [0.2, 0.25) is 5.91 Å². The fourth-order valence-corrected chi connectivity index (χ4v) is 2.88. The predicted molar refractivity (Wildman–Crippen MR) is 124 cm³/mol. The van der Waals surface area contributed by atoms with E-state index in [-0.39, 0.29) is 36.4 Å². The van der Waals surface area contributed by atoms with Crippen LogP contribution in [0.15, 0.2) is 29.3 Å². The number of nitrogens with zero attached hydrogens (tertiary/aromatic N) is 3. The molecule has 0 atom stereocenters. The van der Waals surface area contributed by atoms with Gasteiger partial charge in [-0.2, -0.15) is 0 Å². The quantitative estimate of drug-likeness (QED) is 0.232. The smallest absolute Gasteiger partial charge is 0.241 e. The van der Waals surface area contributed by atoms with E-state index in [2.05, 4.69) is 44.8 Å². The second-order valence-electron chi connectivity index (χ2n) is 7.03. The molecular weight excluding hydrogens is 469 g/mol. The molecule has 0 bridgehead atoms. The molecule has 1 heterocycles. The Balaban J connectivity index is 0.00000392. The first kappa shape index (κ1) is 24.6. The molecule has 2 N–H and O–H groups in total. The molecule has 0 spiro atoms. The number of halogens is 1. The number of guanidine groups is 1. The van der Waals surface area contributed by atoms with Gasteiger partial charge < -0.3 is 20.3 Å². The van der Waals surface area contributed by atoms with Crippen molar-refractivity contribution in [2.24, 2.45) is 4.99 Å². The molecule has 1 aromatic carbocycles. The van der Waals surface area contributed by atoms with Crippen molar-refractivity contribution in [3.63, 3.8) is 0 Å². The Hall–Kier alpha value is -1.39. The van der Waals surface area contributed by atoms with Crippen LogP contribution in [0, 0.1) is 0 Å². The van der Waals surface area contributed by atoms with Crippen molar-refractivity contribution in [3.8, 4) is 0 Å². The van der Waals surface area contributed by atoms with Crippen LogP contribution in [-0.4, -0.2) is 75.7 Å². The molecule has 0 aliphatic carbocycles. The minimum absolute atomic E-state index is 0. The topological polar surface area (TPSA) is 69.2 Å². The van der Waals surface area contributed by atoms with Gasteiger partial charge in [-0.1, -0.05) is 24.3 Å². The van der Waals surface area contributed by atoms with Gasteiger partial charge >= 0.3 is 0 Å². The summed E-state index contributed by atoms with van der Waals surface area (Å²) in [4.78, 5) is 20.4. The largest absolute Gasteiger partial charge is 0.383 e. The van der Waals surface area contributed by atoms with Gasteiger partial charge in [-0.05, 0) is 37.1 Å². The van der Waals surface area contributed by atoms with Crippen molar-refractivity contribution < 1.29 is 9.53 Å². The Bertz CT molecular complexity index is 601. The predicted octanol–water partition coefficient (Wildman–Crippen LogP) is 1.67. The lowest BCUT2D eigenvalue weighted by atomic mass is 10.1. The highest BCUT2D eigenvalue weighted by atomic mass is 127. The van der Waals surface area contributed by atoms with Crippen LogP contribution in [0.3, 0.4) is 0 Å². The lowest BCUT2D eigenvalue weighted by Gasteiger charge is -2.15. The third kappa shape index (κ3) is 9.20. The van der Waals surface area contributed by atoms with E-state index >= 15 is 0 Å². The van der Waals surface area contributed by atoms with Gasteiger partial charge in [-0.25, -0.2) is 4.99 Å². The summed E-state index contributed by atoms with van der Waals surface area (Å²) in [6.07, 6.45) is 2.63. The van der Waals surface area contributed by atoms with Crippen LogP contribution >= 0.6 is 24.0 Å². The number of carbonyl (C=O) groups excluding carboxylic acids is 1. The number of ether oxygens (including phenoxy) is 1. The summed E-state index contributed by atoms with van der Waals surface area (Å²) in [5.74, 6) is 0.617. The number of aliphatic imine (C=N–C) groups is 1. The van der Waals surface area contributed by atoms with Crippen LogP contribution in [0.2, 0.25) is 0 Å². The molecule has 7 nitrogen and oxygen atoms in total. The molecule has 0 unspecified atom stereocenters. The fourth-order valence-electron chi connectivity index (χ4n) is 2.88. The van der Waals surface area contributed by atoms with Crippen LogP contribution < -0.4 is 10.6 Å². The molecule has 2 rings (SSSR count). The summed E-state index contributed by atoms with van der Waals surface area (Å²) in [5.41, 5.74) is 2.49. The van der Waals surface area contributed by atoms with Crippen molar-refractivity contribution in [3.05, 3.63) is 35.4 Å².